The maximum absolute atomic E-state index is 5.05. The van der Waals surface area contributed by atoms with Crippen molar-refractivity contribution in [2.24, 2.45) is 0 Å². The SMILES string of the molecule is COCCNCc1cccnc1N(C)C1CCCC1. The highest BCUT2D eigenvalue weighted by atomic mass is 16.5. The summed E-state index contributed by atoms with van der Waals surface area (Å²) in [5.41, 5.74) is 1.27. The standard InChI is InChI=1S/C15H25N3O/c1-18(14-7-3-4-8-14)15-13(6-5-9-17-15)12-16-10-11-19-2/h5-6,9,14,16H,3-4,7-8,10-12H2,1-2H3. The molecule has 106 valence electrons. The number of nitrogens with one attached hydrogen (secondary N) is 1. The number of hydrogen-bond donors (Lipinski definition) is 1. The molecule has 0 unspecified atom stereocenters. The zero-order chi connectivity index (χ0) is 13.5. The highest BCUT2D eigenvalue weighted by Gasteiger charge is 2.21. The Kier molecular flexibility index (Phi) is 5.61. The summed E-state index contributed by atoms with van der Waals surface area (Å²) in [6.07, 6.45) is 7.18. The van der Waals surface area contributed by atoms with Gasteiger partial charge in [0, 0.05) is 45.0 Å². The molecule has 1 aliphatic rings. The second-order valence-corrected chi connectivity index (χ2v) is 5.20. The van der Waals surface area contributed by atoms with E-state index >= 15 is 0 Å². The van der Waals surface area contributed by atoms with Gasteiger partial charge in [-0.3, -0.25) is 0 Å². The normalized spacial score (nSPS) is 15.9. The first-order valence-electron chi connectivity index (χ1n) is 7.19. The molecule has 1 aliphatic carbocycles. The zero-order valence-electron chi connectivity index (χ0n) is 12.1. The maximum atomic E-state index is 5.05. The molecule has 1 aromatic rings. The van der Waals surface area contributed by atoms with Crippen molar-refractivity contribution in [1.82, 2.24) is 10.3 Å². The van der Waals surface area contributed by atoms with Gasteiger partial charge in [0.15, 0.2) is 0 Å². The number of hydrogen-bond acceptors (Lipinski definition) is 4. The van der Waals surface area contributed by atoms with Crippen LogP contribution in [0.3, 0.4) is 0 Å². The molecule has 0 bridgehead atoms. The van der Waals surface area contributed by atoms with Gasteiger partial charge < -0.3 is 15.0 Å². The summed E-state index contributed by atoms with van der Waals surface area (Å²) >= 11 is 0. The fourth-order valence-electron chi connectivity index (χ4n) is 2.75. The number of anilines is 1. The van der Waals surface area contributed by atoms with Crippen LogP contribution >= 0.6 is 0 Å². The number of ether oxygens (including phenoxy) is 1. The van der Waals surface area contributed by atoms with Crippen LogP contribution in [0.4, 0.5) is 5.82 Å². The Labute approximate surface area is 116 Å². The van der Waals surface area contributed by atoms with Crippen LogP contribution in [0.15, 0.2) is 18.3 Å². The molecule has 1 heterocycles. The molecule has 0 saturated heterocycles. The summed E-state index contributed by atoms with van der Waals surface area (Å²) in [7, 11) is 3.90. The van der Waals surface area contributed by atoms with E-state index in [1.54, 1.807) is 7.11 Å². The van der Waals surface area contributed by atoms with Crippen LogP contribution in [0.5, 0.6) is 0 Å². The van der Waals surface area contributed by atoms with Gasteiger partial charge in [0.1, 0.15) is 5.82 Å². The lowest BCUT2D eigenvalue weighted by Crippen LogP contribution is -2.31. The van der Waals surface area contributed by atoms with Gasteiger partial charge >= 0.3 is 0 Å². The van der Waals surface area contributed by atoms with Gasteiger partial charge in [-0.05, 0) is 18.9 Å². The van der Waals surface area contributed by atoms with Gasteiger partial charge in [0.2, 0.25) is 0 Å². The molecule has 4 heteroatoms. The van der Waals surface area contributed by atoms with Crippen LogP contribution in [-0.2, 0) is 11.3 Å². The van der Waals surface area contributed by atoms with E-state index in [2.05, 4.69) is 28.3 Å². The Balaban J connectivity index is 1.98. The molecule has 0 amide bonds. The molecule has 0 spiro atoms. The molecule has 1 fully saturated rings. The minimum Gasteiger partial charge on any atom is -0.383 e. The largest absolute Gasteiger partial charge is 0.383 e. The van der Waals surface area contributed by atoms with E-state index in [0.29, 0.717) is 6.04 Å². The summed E-state index contributed by atoms with van der Waals surface area (Å²) in [5, 5.41) is 3.40. The summed E-state index contributed by atoms with van der Waals surface area (Å²) in [5.74, 6) is 1.12. The second kappa shape index (κ2) is 7.46. The van der Waals surface area contributed by atoms with Gasteiger partial charge in [-0.25, -0.2) is 4.98 Å². The monoisotopic (exact) mass is 263 g/mol. The van der Waals surface area contributed by atoms with E-state index < -0.39 is 0 Å². The van der Waals surface area contributed by atoms with E-state index in [0.717, 1.165) is 25.5 Å². The first-order chi connectivity index (χ1) is 9.33. The first kappa shape index (κ1) is 14.3. The van der Waals surface area contributed by atoms with Crippen molar-refractivity contribution in [2.75, 3.05) is 32.2 Å². The second-order valence-electron chi connectivity index (χ2n) is 5.20. The van der Waals surface area contributed by atoms with Gasteiger partial charge in [-0.15, -0.1) is 0 Å². The molecular formula is C15H25N3O. The fourth-order valence-corrected chi connectivity index (χ4v) is 2.75. The Morgan fingerprint density at radius 3 is 2.95 bits per heavy atom. The third kappa shape index (κ3) is 3.91. The van der Waals surface area contributed by atoms with Gasteiger partial charge in [-0.2, -0.15) is 0 Å². The summed E-state index contributed by atoms with van der Waals surface area (Å²) in [6, 6.07) is 4.83. The minimum atomic E-state index is 0.660. The number of methoxy groups -OCH3 is 1. The Hall–Kier alpha value is -1.13. The zero-order valence-corrected chi connectivity index (χ0v) is 12.1. The topological polar surface area (TPSA) is 37.4 Å². The lowest BCUT2D eigenvalue weighted by atomic mass is 10.2. The van der Waals surface area contributed by atoms with Crippen molar-refractivity contribution >= 4 is 5.82 Å². The average Bonchev–Trinajstić information content (AvgIpc) is 2.97. The van der Waals surface area contributed by atoms with Crippen molar-refractivity contribution in [2.45, 2.75) is 38.3 Å². The van der Waals surface area contributed by atoms with E-state index in [-0.39, 0.29) is 0 Å². The van der Waals surface area contributed by atoms with Gasteiger partial charge in [-0.1, -0.05) is 18.9 Å². The van der Waals surface area contributed by atoms with Crippen molar-refractivity contribution in [1.29, 1.82) is 0 Å². The summed E-state index contributed by atoms with van der Waals surface area (Å²) < 4.78 is 5.05. The van der Waals surface area contributed by atoms with Crippen LogP contribution in [0.2, 0.25) is 0 Å². The van der Waals surface area contributed by atoms with E-state index in [1.807, 2.05) is 12.3 Å². The predicted molar refractivity (Wildman–Crippen MR) is 78.5 cm³/mol. The molecule has 0 radical (unpaired) electrons. The van der Waals surface area contributed by atoms with Crippen molar-refractivity contribution in [3.63, 3.8) is 0 Å². The van der Waals surface area contributed by atoms with Crippen molar-refractivity contribution in [3.05, 3.63) is 23.9 Å². The maximum Gasteiger partial charge on any atom is 0.132 e. The molecule has 4 nitrogen and oxygen atoms in total. The molecule has 1 N–H and O–H groups in total. The van der Waals surface area contributed by atoms with Gasteiger partial charge in [0.25, 0.3) is 0 Å². The Bertz CT molecular complexity index is 377. The summed E-state index contributed by atoms with van der Waals surface area (Å²) in [4.78, 5) is 6.94. The molecular weight excluding hydrogens is 238 g/mol. The van der Waals surface area contributed by atoms with E-state index in [1.165, 1.54) is 31.2 Å². The first-order valence-corrected chi connectivity index (χ1v) is 7.19. The lowest BCUT2D eigenvalue weighted by Gasteiger charge is -2.27. The average molecular weight is 263 g/mol. The minimum absolute atomic E-state index is 0.660. The van der Waals surface area contributed by atoms with E-state index in [4.69, 9.17) is 4.74 Å². The molecule has 0 aromatic carbocycles. The highest BCUT2D eigenvalue weighted by molar-refractivity contribution is 5.47. The molecule has 1 aromatic heterocycles. The third-order valence-electron chi connectivity index (χ3n) is 3.87. The number of aromatic nitrogens is 1. The predicted octanol–water partition coefficient (Wildman–Crippen LogP) is 2.20. The van der Waals surface area contributed by atoms with Crippen LogP contribution in [0.25, 0.3) is 0 Å². The van der Waals surface area contributed by atoms with Crippen LogP contribution < -0.4 is 10.2 Å². The molecule has 0 atom stereocenters. The van der Waals surface area contributed by atoms with Crippen LogP contribution in [-0.4, -0.2) is 38.3 Å². The molecule has 0 aliphatic heterocycles. The lowest BCUT2D eigenvalue weighted by molar-refractivity contribution is 0.199. The van der Waals surface area contributed by atoms with Crippen LogP contribution in [0, 0.1) is 0 Å². The van der Waals surface area contributed by atoms with Crippen molar-refractivity contribution < 1.29 is 4.74 Å². The fraction of sp³-hybridized carbons (Fsp3) is 0.667. The Morgan fingerprint density at radius 1 is 1.42 bits per heavy atom. The molecule has 2 rings (SSSR count). The van der Waals surface area contributed by atoms with E-state index in [9.17, 15) is 0 Å². The van der Waals surface area contributed by atoms with Crippen molar-refractivity contribution in [3.8, 4) is 0 Å². The number of rotatable bonds is 7. The molecule has 1 saturated carbocycles. The third-order valence-corrected chi connectivity index (χ3v) is 3.87. The number of nitrogens with zero attached hydrogens (tertiary/aromatic N) is 2. The smallest absolute Gasteiger partial charge is 0.132 e. The molecule has 19 heavy (non-hydrogen) atoms. The van der Waals surface area contributed by atoms with Crippen LogP contribution in [0.1, 0.15) is 31.2 Å². The highest BCUT2D eigenvalue weighted by Crippen LogP contribution is 2.27. The quantitative estimate of drug-likeness (QED) is 0.765. The Morgan fingerprint density at radius 2 is 2.21 bits per heavy atom. The number of pyridine rings is 1. The summed E-state index contributed by atoms with van der Waals surface area (Å²) in [6.45, 7) is 2.47. The van der Waals surface area contributed by atoms with Gasteiger partial charge in [0.05, 0.1) is 6.61 Å².